The number of aromatic nitrogens is 5. The third-order valence-corrected chi connectivity index (χ3v) is 4.19. The molecule has 0 spiro atoms. The molecule has 0 fully saturated rings. The zero-order chi connectivity index (χ0) is 15.3. The highest BCUT2D eigenvalue weighted by molar-refractivity contribution is 7.89. The van der Waals surface area contributed by atoms with Crippen molar-refractivity contribution in [2.75, 3.05) is 6.54 Å². The fourth-order valence-corrected chi connectivity index (χ4v) is 2.77. The van der Waals surface area contributed by atoms with Crippen molar-refractivity contribution < 1.29 is 8.42 Å². The topological polar surface area (TPSA) is 126 Å². The standard InChI is InChI=1S/C11H17N7O2S/c1-3-12-6-9-4-5-10(13-7-9)21(19,20)16-8(2)11-14-17-18-15-11/h4-5,7-8,12,16H,3,6H2,1-2H3,(H,14,15,17,18). The molecule has 1 atom stereocenters. The molecule has 3 N–H and O–H groups in total. The average molecular weight is 311 g/mol. The molecule has 2 heterocycles. The van der Waals surface area contributed by atoms with Crippen LogP contribution in [0.15, 0.2) is 23.4 Å². The molecule has 0 saturated heterocycles. The van der Waals surface area contributed by atoms with E-state index < -0.39 is 16.1 Å². The van der Waals surface area contributed by atoms with Crippen molar-refractivity contribution in [3.63, 3.8) is 0 Å². The molecular formula is C11H17N7O2S. The Morgan fingerprint density at radius 2 is 2.19 bits per heavy atom. The van der Waals surface area contributed by atoms with Crippen molar-refractivity contribution in [1.29, 1.82) is 0 Å². The molecule has 2 aromatic rings. The van der Waals surface area contributed by atoms with Crippen molar-refractivity contribution in [3.8, 4) is 0 Å². The van der Waals surface area contributed by atoms with Crippen LogP contribution in [0, 0.1) is 0 Å². The normalized spacial score (nSPS) is 13.2. The van der Waals surface area contributed by atoms with Gasteiger partial charge in [-0.25, -0.2) is 13.4 Å². The van der Waals surface area contributed by atoms with Crippen molar-refractivity contribution in [3.05, 3.63) is 29.7 Å². The second-order valence-electron chi connectivity index (χ2n) is 4.40. The first-order valence-corrected chi connectivity index (χ1v) is 7.92. The number of tetrazole rings is 1. The van der Waals surface area contributed by atoms with Gasteiger partial charge in [0.1, 0.15) is 0 Å². The summed E-state index contributed by atoms with van der Waals surface area (Å²) in [5.41, 5.74) is 0.919. The van der Waals surface area contributed by atoms with Crippen molar-refractivity contribution >= 4 is 10.0 Å². The SMILES string of the molecule is CCNCc1ccc(S(=O)(=O)NC(C)c2nn[nH]n2)nc1. The van der Waals surface area contributed by atoms with Gasteiger partial charge in [0.2, 0.25) is 0 Å². The maximum absolute atomic E-state index is 12.2. The highest BCUT2D eigenvalue weighted by atomic mass is 32.2. The summed E-state index contributed by atoms with van der Waals surface area (Å²) in [5.74, 6) is 0.266. The van der Waals surface area contributed by atoms with Crippen LogP contribution in [0.4, 0.5) is 0 Å². The van der Waals surface area contributed by atoms with Gasteiger partial charge in [0.15, 0.2) is 10.9 Å². The average Bonchev–Trinajstić information content (AvgIpc) is 2.99. The first-order valence-electron chi connectivity index (χ1n) is 6.44. The molecule has 2 rings (SSSR count). The molecule has 0 saturated carbocycles. The van der Waals surface area contributed by atoms with E-state index in [0.29, 0.717) is 6.54 Å². The van der Waals surface area contributed by atoms with E-state index in [-0.39, 0.29) is 10.9 Å². The molecule has 0 amide bonds. The van der Waals surface area contributed by atoms with Crippen LogP contribution in [0.25, 0.3) is 0 Å². The zero-order valence-corrected chi connectivity index (χ0v) is 12.6. The third kappa shape index (κ3) is 4.03. The van der Waals surface area contributed by atoms with Crippen LogP contribution < -0.4 is 10.0 Å². The maximum Gasteiger partial charge on any atom is 0.258 e. The summed E-state index contributed by atoms with van der Waals surface area (Å²) >= 11 is 0. The van der Waals surface area contributed by atoms with Crippen LogP contribution in [-0.2, 0) is 16.6 Å². The van der Waals surface area contributed by atoms with E-state index in [9.17, 15) is 8.42 Å². The van der Waals surface area contributed by atoms with Gasteiger partial charge in [-0.3, -0.25) is 0 Å². The Labute approximate surface area is 122 Å². The van der Waals surface area contributed by atoms with Gasteiger partial charge in [0.05, 0.1) is 6.04 Å². The first-order chi connectivity index (χ1) is 10.0. The zero-order valence-electron chi connectivity index (χ0n) is 11.7. The van der Waals surface area contributed by atoms with E-state index >= 15 is 0 Å². The minimum atomic E-state index is -3.73. The summed E-state index contributed by atoms with van der Waals surface area (Å²) in [6.07, 6.45) is 1.54. The number of nitrogens with one attached hydrogen (secondary N) is 3. The molecule has 9 nitrogen and oxygen atoms in total. The Hall–Kier alpha value is -1.91. The van der Waals surface area contributed by atoms with E-state index in [0.717, 1.165) is 12.1 Å². The lowest BCUT2D eigenvalue weighted by molar-refractivity contribution is 0.556. The molecule has 1 unspecified atom stereocenters. The Balaban J connectivity index is 2.08. The molecule has 0 aliphatic heterocycles. The monoisotopic (exact) mass is 311 g/mol. The van der Waals surface area contributed by atoms with Gasteiger partial charge in [-0.2, -0.15) is 9.94 Å². The molecule has 2 aromatic heterocycles. The van der Waals surface area contributed by atoms with Gasteiger partial charge in [-0.1, -0.05) is 18.2 Å². The quantitative estimate of drug-likeness (QED) is 0.643. The number of H-pyrrole nitrogens is 1. The molecular weight excluding hydrogens is 294 g/mol. The summed E-state index contributed by atoms with van der Waals surface area (Å²) in [6, 6.07) is 2.60. The number of pyridine rings is 1. The maximum atomic E-state index is 12.2. The number of nitrogens with zero attached hydrogens (tertiary/aromatic N) is 4. The third-order valence-electron chi connectivity index (χ3n) is 2.73. The molecule has 0 aliphatic rings. The van der Waals surface area contributed by atoms with Crippen LogP contribution in [0.2, 0.25) is 0 Å². The molecule has 0 radical (unpaired) electrons. The number of rotatable bonds is 7. The van der Waals surface area contributed by atoms with Gasteiger partial charge < -0.3 is 5.32 Å². The number of aromatic amines is 1. The minimum absolute atomic E-state index is 0.0434. The molecule has 10 heteroatoms. The Morgan fingerprint density at radius 1 is 1.38 bits per heavy atom. The second kappa shape index (κ2) is 6.70. The van der Waals surface area contributed by atoms with E-state index in [1.807, 2.05) is 6.92 Å². The van der Waals surface area contributed by atoms with E-state index in [1.165, 1.54) is 12.3 Å². The van der Waals surface area contributed by atoms with Crippen LogP contribution >= 0.6 is 0 Å². The largest absolute Gasteiger partial charge is 0.313 e. The fourth-order valence-electron chi connectivity index (χ4n) is 1.64. The minimum Gasteiger partial charge on any atom is -0.313 e. The smallest absolute Gasteiger partial charge is 0.258 e. The molecule has 0 bridgehead atoms. The summed E-state index contributed by atoms with van der Waals surface area (Å²) in [4.78, 5) is 3.98. The Morgan fingerprint density at radius 3 is 2.76 bits per heavy atom. The molecule has 0 aliphatic carbocycles. The second-order valence-corrected chi connectivity index (χ2v) is 6.06. The van der Waals surface area contributed by atoms with Crippen molar-refractivity contribution in [1.82, 2.24) is 35.6 Å². The number of sulfonamides is 1. The Kier molecular flexibility index (Phi) is 4.94. The van der Waals surface area contributed by atoms with Gasteiger partial charge in [0, 0.05) is 12.7 Å². The van der Waals surface area contributed by atoms with Crippen LogP contribution in [0.1, 0.15) is 31.3 Å². The predicted molar refractivity (Wildman–Crippen MR) is 74.5 cm³/mol. The summed E-state index contributed by atoms with van der Waals surface area (Å²) in [5, 5.41) is 16.2. The molecule has 114 valence electrons. The fraction of sp³-hybridized carbons (Fsp3) is 0.455. The van der Waals surface area contributed by atoms with E-state index in [1.54, 1.807) is 13.0 Å². The lowest BCUT2D eigenvalue weighted by Gasteiger charge is -2.10. The summed E-state index contributed by atoms with van der Waals surface area (Å²) < 4.78 is 26.8. The lowest BCUT2D eigenvalue weighted by atomic mass is 10.3. The lowest BCUT2D eigenvalue weighted by Crippen LogP contribution is -2.28. The van der Waals surface area contributed by atoms with E-state index in [2.05, 4.69) is 35.6 Å². The van der Waals surface area contributed by atoms with Crippen LogP contribution in [0.5, 0.6) is 0 Å². The molecule has 0 aromatic carbocycles. The number of hydrogen-bond acceptors (Lipinski definition) is 7. The molecule has 21 heavy (non-hydrogen) atoms. The van der Waals surface area contributed by atoms with Gasteiger partial charge >= 0.3 is 0 Å². The predicted octanol–water partition coefficient (Wildman–Crippen LogP) is -0.256. The van der Waals surface area contributed by atoms with Gasteiger partial charge in [-0.05, 0) is 25.1 Å². The van der Waals surface area contributed by atoms with Gasteiger partial charge in [-0.15, -0.1) is 10.2 Å². The Bertz CT molecular complexity index is 654. The highest BCUT2D eigenvalue weighted by Gasteiger charge is 2.21. The van der Waals surface area contributed by atoms with Crippen LogP contribution in [0.3, 0.4) is 0 Å². The number of hydrogen-bond donors (Lipinski definition) is 3. The van der Waals surface area contributed by atoms with E-state index in [4.69, 9.17) is 0 Å². The van der Waals surface area contributed by atoms with Gasteiger partial charge in [0.25, 0.3) is 10.0 Å². The highest BCUT2D eigenvalue weighted by Crippen LogP contribution is 2.12. The van der Waals surface area contributed by atoms with Crippen molar-refractivity contribution in [2.24, 2.45) is 0 Å². The van der Waals surface area contributed by atoms with Crippen LogP contribution in [-0.4, -0.2) is 40.6 Å². The summed E-state index contributed by atoms with van der Waals surface area (Å²) in [7, 11) is -3.73. The van der Waals surface area contributed by atoms with Crippen molar-refractivity contribution in [2.45, 2.75) is 31.5 Å². The summed E-state index contributed by atoms with van der Waals surface area (Å²) in [6.45, 7) is 5.11. The first kappa shape index (κ1) is 15.5.